The first-order valence-corrected chi connectivity index (χ1v) is 5.33. The van der Waals surface area contributed by atoms with Crippen molar-refractivity contribution in [2.75, 3.05) is 11.9 Å². The van der Waals surface area contributed by atoms with Crippen molar-refractivity contribution >= 4 is 17.6 Å². The van der Waals surface area contributed by atoms with E-state index in [1.54, 1.807) is 12.1 Å². The SMILES string of the molecule is CC(=O)Nc1cc(OC2CCNC2=O)ccn1. The lowest BCUT2D eigenvalue weighted by atomic mass is 10.3. The van der Waals surface area contributed by atoms with Crippen LogP contribution in [0.3, 0.4) is 0 Å². The summed E-state index contributed by atoms with van der Waals surface area (Å²) in [6.45, 7) is 2.03. The molecule has 1 fully saturated rings. The van der Waals surface area contributed by atoms with Crippen molar-refractivity contribution in [3.8, 4) is 5.75 Å². The molecule has 1 saturated heterocycles. The minimum atomic E-state index is -0.456. The molecule has 2 heterocycles. The topological polar surface area (TPSA) is 80.3 Å². The zero-order valence-electron chi connectivity index (χ0n) is 9.40. The Hall–Kier alpha value is -2.11. The third-order valence-electron chi connectivity index (χ3n) is 2.31. The Morgan fingerprint density at radius 2 is 2.47 bits per heavy atom. The first kappa shape index (κ1) is 11.4. The van der Waals surface area contributed by atoms with E-state index in [9.17, 15) is 9.59 Å². The Bertz CT molecular complexity index is 447. The van der Waals surface area contributed by atoms with Gasteiger partial charge >= 0.3 is 0 Å². The molecule has 1 atom stereocenters. The minimum absolute atomic E-state index is 0.108. The van der Waals surface area contributed by atoms with Crippen molar-refractivity contribution in [2.24, 2.45) is 0 Å². The van der Waals surface area contributed by atoms with Crippen molar-refractivity contribution < 1.29 is 14.3 Å². The van der Waals surface area contributed by atoms with Crippen molar-refractivity contribution in [1.29, 1.82) is 0 Å². The van der Waals surface area contributed by atoms with Gasteiger partial charge in [0.1, 0.15) is 11.6 Å². The molecule has 0 aromatic carbocycles. The summed E-state index contributed by atoms with van der Waals surface area (Å²) in [5.74, 6) is 0.621. The van der Waals surface area contributed by atoms with E-state index in [0.717, 1.165) is 0 Å². The van der Waals surface area contributed by atoms with Crippen molar-refractivity contribution in [3.63, 3.8) is 0 Å². The largest absolute Gasteiger partial charge is 0.480 e. The van der Waals surface area contributed by atoms with Gasteiger partial charge in [-0.1, -0.05) is 0 Å². The predicted octanol–water partition coefficient (Wildman–Crippen LogP) is 0.307. The molecule has 1 aromatic rings. The molecular weight excluding hydrogens is 222 g/mol. The number of nitrogens with zero attached hydrogens (tertiary/aromatic N) is 1. The second-order valence-electron chi connectivity index (χ2n) is 3.74. The van der Waals surface area contributed by atoms with Gasteiger partial charge < -0.3 is 15.4 Å². The van der Waals surface area contributed by atoms with Crippen LogP contribution >= 0.6 is 0 Å². The third-order valence-corrected chi connectivity index (χ3v) is 2.31. The number of anilines is 1. The van der Waals surface area contributed by atoms with Gasteiger partial charge in [-0.2, -0.15) is 0 Å². The number of carbonyl (C=O) groups is 2. The molecule has 1 aliphatic rings. The summed E-state index contributed by atoms with van der Waals surface area (Å²) in [5.41, 5.74) is 0. The summed E-state index contributed by atoms with van der Waals surface area (Å²) >= 11 is 0. The number of ether oxygens (including phenoxy) is 1. The zero-order valence-corrected chi connectivity index (χ0v) is 9.40. The average molecular weight is 235 g/mol. The Morgan fingerprint density at radius 1 is 1.65 bits per heavy atom. The van der Waals surface area contributed by atoms with Gasteiger partial charge in [0.2, 0.25) is 5.91 Å². The molecule has 2 N–H and O–H groups in total. The molecule has 1 aliphatic heterocycles. The molecule has 0 spiro atoms. The first-order chi connectivity index (χ1) is 8.15. The van der Waals surface area contributed by atoms with E-state index in [-0.39, 0.29) is 11.8 Å². The number of hydrogen-bond acceptors (Lipinski definition) is 4. The van der Waals surface area contributed by atoms with Gasteiger partial charge in [0, 0.05) is 32.2 Å². The van der Waals surface area contributed by atoms with Gasteiger partial charge in [-0.05, 0) is 6.07 Å². The Labute approximate surface area is 98.4 Å². The van der Waals surface area contributed by atoms with E-state index in [0.29, 0.717) is 24.5 Å². The standard InChI is InChI=1S/C11H13N3O3/c1-7(15)14-10-6-8(2-4-12-10)17-9-3-5-13-11(9)16/h2,4,6,9H,3,5H2,1H3,(H,13,16)(H,12,14,15). The van der Waals surface area contributed by atoms with Crippen LogP contribution in [0.5, 0.6) is 5.75 Å². The van der Waals surface area contributed by atoms with Crippen molar-refractivity contribution in [3.05, 3.63) is 18.3 Å². The maximum absolute atomic E-state index is 11.3. The second kappa shape index (κ2) is 4.82. The number of aromatic nitrogens is 1. The highest BCUT2D eigenvalue weighted by Crippen LogP contribution is 2.18. The number of pyridine rings is 1. The molecule has 6 nitrogen and oxygen atoms in total. The lowest BCUT2D eigenvalue weighted by Gasteiger charge is -2.11. The van der Waals surface area contributed by atoms with E-state index in [2.05, 4.69) is 15.6 Å². The predicted molar refractivity (Wildman–Crippen MR) is 60.6 cm³/mol. The van der Waals surface area contributed by atoms with Crippen LogP contribution in [0.2, 0.25) is 0 Å². The zero-order chi connectivity index (χ0) is 12.3. The van der Waals surface area contributed by atoms with Crippen molar-refractivity contribution in [2.45, 2.75) is 19.4 Å². The van der Waals surface area contributed by atoms with Crippen LogP contribution in [0.1, 0.15) is 13.3 Å². The third kappa shape index (κ3) is 2.93. The number of carbonyl (C=O) groups excluding carboxylic acids is 2. The fourth-order valence-electron chi connectivity index (χ4n) is 1.58. The van der Waals surface area contributed by atoms with E-state index in [1.807, 2.05) is 0 Å². The quantitative estimate of drug-likeness (QED) is 0.790. The van der Waals surface area contributed by atoms with E-state index < -0.39 is 6.10 Å². The van der Waals surface area contributed by atoms with Gasteiger partial charge in [-0.15, -0.1) is 0 Å². The number of amides is 2. The van der Waals surface area contributed by atoms with Crippen LogP contribution < -0.4 is 15.4 Å². The monoisotopic (exact) mass is 235 g/mol. The lowest BCUT2D eigenvalue weighted by molar-refractivity contribution is -0.125. The highest BCUT2D eigenvalue weighted by atomic mass is 16.5. The maximum Gasteiger partial charge on any atom is 0.261 e. The maximum atomic E-state index is 11.3. The summed E-state index contributed by atoms with van der Waals surface area (Å²) in [6.07, 6.45) is 1.71. The molecule has 0 radical (unpaired) electrons. The summed E-state index contributed by atoms with van der Waals surface area (Å²) in [6, 6.07) is 3.24. The smallest absolute Gasteiger partial charge is 0.261 e. The van der Waals surface area contributed by atoms with Crippen LogP contribution in [-0.4, -0.2) is 29.4 Å². The average Bonchev–Trinajstić information content (AvgIpc) is 2.64. The van der Waals surface area contributed by atoms with Gasteiger partial charge in [0.15, 0.2) is 6.10 Å². The van der Waals surface area contributed by atoms with E-state index in [4.69, 9.17) is 4.74 Å². The van der Waals surface area contributed by atoms with Crippen LogP contribution in [0.4, 0.5) is 5.82 Å². The fraction of sp³-hybridized carbons (Fsp3) is 0.364. The molecule has 6 heteroatoms. The molecule has 0 aliphatic carbocycles. The van der Waals surface area contributed by atoms with Crippen LogP contribution in [0.15, 0.2) is 18.3 Å². The Morgan fingerprint density at radius 3 is 3.12 bits per heavy atom. The first-order valence-electron chi connectivity index (χ1n) is 5.33. The van der Waals surface area contributed by atoms with Crippen LogP contribution in [0, 0.1) is 0 Å². The Balaban J connectivity index is 2.05. The molecular formula is C11H13N3O3. The highest BCUT2D eigenvalue weighted by Gasteiger charge is 2.25. The van der Waals surface area contributed by atoms with Crippen LogP contribution in [0.25, 0.3) is 0 Å². The molecule has 17 heavy (non-hydrogen) atoms. The summed E-state index contributed by atoms with van der Waals surface area (Å²) in [5, 5.41) is 5.24. The summed E-state index contributed by atoms with van der Waals surface area (Å²) < 4.78 is 5.51. The number of hydrogen-bond donors (Lipinski definition) is 2. The molecule has 1 aromatic heterocycles. The minimum Gasteiger partial charge on any atom is -0.480 e. The van der Waals surface area contributed by atoms with Gasteiger partial charge in [-0.25, -0.2) is 4.98 Å². The molecule has 2 rings (SSSR count). The van der Waals surface area contributed by atoms with E-state index in [1.165, 1.54) is 13.1 Å². The Kier molecular flexibility index (Phi) is 3.22. The lowest BCUT2D eigenvalue weighted by Crippen LogP contribution is -2.27. The second-order valence-corrected chi connectivity index (χ2v) is 3.74. The molecule has 0 bridgehead atoms. The number of rotatable bonds is 3. The molecule has 0 saturated carbocycles. The molecule has 2 amide bonds. The molecule has 90 valence electrons. The summed E-state index contributed by atoms with van der Waals surface area (Å²) in [4.78, 5) is 26.1. The normalized spacial score (nSPS) is 18.6. The highest BCUT2D eigenvalue weighted by molar-refractivity contribution is 5.87. The van der Waals surface area contributed by atoms with Crippen LogP contribution in [-0.2, 0) is 9.59 Å². The van der Waals surface area contributed by atoms with Crippen molar-refractivity contribution in [1.82, 2.24) is 10.3 Å². The summed E-state index contributed by atoms with van der Waals surface area (Å²) in [7, 11) is 0. The van der Waals surface area contributed by atoms with Gasteiger partial charge in [-0.3, -0.25) is 9.59 Å². The van der Waals surface area contributed by atoms with E-state index >= 15 is 0 Å². The number of nitrogens with one attached hydrogen (secondary N) is 2. The molecule has 1 unspecified atom stereocenters. The van der Waals surface area contributed by atoms with Gasteiger partial charge in [0.25, 0.3) is 5.91 Å². The van der Waals surface area contributed by atoms with Gasteiger partial charge in [0.05, 0.1) is 0 Å². The fourth-order valence-corrected chi connectivity index (χ4v) is 1.58.